The third kappa shape index (κ3) is 4.94. The van der Waals surface area contributed by atoms with Crippen LogP contribution in [0.25, 0.3) is 0 Å². The summed E-state index contributed by atoms with van der Waals surface area (Å²) < 4.78 is 0. The van der Waals surface area contributed by atoms with Crippen molar-refractivity contribution in [2.24, 2.45) is 23.5 Å². The third-order valence-electron chi connectivity index (χ3n) is 3.85. The maximum atomic E-state index is 10.6. The molecule has 0 aromatic carbocycles. The number of nitrogens with one attached hydrogen (secondary N) is 2. The van der Waals surface area contributed by atoms with E-state index in [1.54, 1.807) is 0 Å². The number of hydrogen-bond donors (Lipinski definition) is 3. The summed E-state index contributed by atoms with van der Waals surface area (Å²) in [4.78, 5) is 10.6. The summed E-state index contributed by atoms with van der Waals surface area (Å²) in [6.07, 6.45) is 3.92. The molecule has 3 atom stereocenters. The Hall–Kier alpha value is -0.770. The lowest BCUT2D eigenvalue weighted by Gasteiger charge is -2.38. The summed E-state index contributed by atoms with van der Waals surface area (Å²) in [5.41, 5.74) is 5.03. The van der Waals surface area contributed by atoms with Crippen LogP contribution in [0.5, 0.6) is 0 Å². The highest BCUT2D eigenvalue weighted by Crippen LogP contribution is 2.33. The van der Waals surface area contributed by atoms with Crippen molar-refractivity contribution in [1.82, 2.24) is 10.6 Å². The number of hydrogen-bond acceptors (Lipinski definition) is 2. The van der Waals surface area contributed by atoms with Gasteiger partial charge in [-0.1, -0.05) is 27.2 Å². The van der Waals surface area contributed by atoms with Crippen LogP contribution in [0.1, 0.15) is 40.0 Å². The van der Waals surface area contributed by atoms with Crippen molar-refractivity contribution in [2.75, 3.05) is 13.1 Å². The van der Waals surface area contributed by atoms with E-state index >= 15 is 0 Å². The molecule has 4 heteroatoms. The molecule has 4 N–H and O–H groups in total. The Kier molecular flexibility index (Phi) is 5.75. The Morgan fingerprint density at radius 2 is 2.06 bits per heavy atom. The van der Waals surface area contributed by atoms with E-state index in [0.29, 0.717) is 12.6 Å². The molecule has 100 valence electrons. The summed E-state index contributed by atoms with van der Waals surface area (Å²) in [6.45, 7) is 8.36. The van der Waals surface area contributed by atoms with E-state index in [4.69, 9.17) is 5.73 Å². The summed E-state index contributed by atoms with van der Waals surface area (Å²) in [7, 11) is 0. The quantitative estimate of drug-likeness (QED) is 0.641. The Labute approximate surface area is 105 Å². The van der Waals surface area contributed by atoms with Crippen molar-refractivity contribution in [3.63, 3.8) is 0 Å². The molecule has 3 unspecified atom stereocenters. The van der Waals surface area contributed by atoms with Gasteiger partial charge in [0.05, 0.1) is 0 Å². The number of primary amides is 1. The molecule has 0 radical (unpaired) electrons. The summed E-state index contributed by atoms with van der Waals surface area (Å²) in [5, 5.41) is 6.19. The molecular weight excluding hydrogens is 214 g/mol. The van der Waals surface area contributed by atoms with E-state index in [9.17, 15) is 4.79 Å². The number of rotatable bonds is 5. The highest BCUT2D eigenvalue weighted by molar-refractivity contribution is 5.71. The van der Waals surface area contributed by atoms with Crippen molar-refractivity contribution in [3.05, 3.63) is 0 Å². The first-order valence-electron chi connectivity index (χ1n) is 6.77. The smallest absolute Gasteiger partial charge is 0.312 e. The second-order valence-corrected chi connectivity index (χ2v) is 5.68. The van der Waals surface area contributed by atoms with Crippen LogP contribution >= 0.6 is 0 Å². The first-order chi connectivity index (χ1) is 8.00. The first-order valence-corrected chi connectivity index (χ1v) is 6.77. The lowest BCUT2D eigenvalue weighted by atomic mass is 9.74. The second-order valence-electron chi connectivity index (χ2n) is 5.68. The summed E-state index contributed by atoms with van der Waals surface area (Å²) in [5.74, 6) is 2.30. The van der Waals surface area contributed by atoms with Crippen LogP contribution in [0.4, 0.5) is 4.79 Å². The minimum Gasteiger partial charge on any atom is -0.352 e. The van der Waals surface area contributed by atoms with Gasteiger partial charge in [-0.2, -0.15) is 0 Å². The third-order valence-corrected chi connectivity index (χ3v) is 3.85. The molecule has 1 aliphatic rings. The van der Waals surface area contributed by atoms with E-state index in [-0.39, 0.29) is 0 Å². The van der Waals surface area contributed by atoms with Gasteiger partial charge in [-0.25, -0.2) is 4.79 Å². The molecule has 0 bridgehead atoms. The summed E-state index contributed by atoms with van der Waals surface area (Å²) >= 11 is 0. The Morgan fingerprint density at radius 1 is 1.35 bits per heavy atom. The van der Waals surface area contributed by atoms with E-state index in [1.807, 2.05) is 0 Å². The van der Waals surface area contributed by atoms with E-state index in [2.05, 4.69) is 31.4 Å². The number of carbonyl (C=O) groups excluding carboxylic acids is 1. The monoisotopic (exact) mass is 241 g/mol. The maximum Gasteiger partial charge on any atom is 0.312 e. The molecule has 0 saturated heterocycles. The van der Waals surface area contributed by atoms with Gasteiger partial charge < -0.3 is 16.4 Å². The van der Waals surface area contributed by atoms with Gasteiger partial charge in [0, 0.05) is 19.1 Å². The van der Waals surface area contributed by atoms with Crippen LogP contribution in [0.15, 0.2) is 0 Å². The van der Waals surface area contributed by atoms with Crippen molar-refractivity contribution in [3.8, 4) is 0 Å². The van der Waals surface area contributed by atoms with Crippen LogP contribution in [-0.4, -0.2) is 25.2 Å². The van der Waals surface area contributed by atoms with Crippen LogP contribution < -0.4 is 16.4 Å². The fourth-order valence-corrected chi connectivity index (χ4v) is 2.88. The van der Waals surface area contributed by atoms with Gasteiger partial charge >= 0.3 is 6.03 Å². The molecule has 0 spiro atoms. The van der Waals surface area contributed by atoms with Crippen molar-refractivity contribution in [1.29, 1.82) is 0 Å². The Morgan fingerprint density at radius 3 is 2.65 bits per heavy atom. The second kappa shape index (κ2) is 6.84. The van der Waals surface area contributed by atoms with Gasteiger partial charge in [0.2, 0.25) is 0 Å². The lowest BCUT2D eigenvalue weighted by molar-refractivity contribution is 0.170. The van der Waals surface area contributed by atoms with Gasteiger partial charge in [-0.05, 0) is 30.6 Å². The molecule has 4 nitrogen and oxygen atoms in total. The molecular formula is C13H27N3O. The Balaban J connectivity index is 2.33. The zero-order chi connectivity index (χ0) is 12.8. The average molecular weight is 241 g/mol. The molecule has 17 heavy (non-hydrogen) atoms. The number of nitrogens with two attached hydrogens (primary N) is 1. The standard InChI is InChI=1S/C13H27N3O/c1-9(2)11-5-4-10(3)8-12(11)15-6-7-16-13(14)17/h9-12,15H,4-8H2,1-3H3,(H3,14,16,17). The lowest BCUT2D eigenvalue weighted by Crippen LogP contribution is -2.46. The normalized spacial score (nSPS) is 29.3. The van der Waals surface area contributed by atoms with E-state index in [1.165, 1.54) is 19.3 Å². The molecule has 0 aliphatic heterocycles. The molecule has 0 aromatic heterocycles. The SMILES string of the molecule is CC1CCC(C(C)C)C(NCCNC(N)=O)C1. The molecule has 0 heterocycles. The Bertz CT molecular complexity index is 243. The molecule has 1 fully saturated rings. The largest absolute Gasteiger partial charge is 0.352 e. The molecule has 1 saturated carbocycles. The average Bonchev–Trinajstić information content (AvgIpc) is 2.23. The van der Waals surface area contributed by atoms with Gasteiger partial charge in [-0.15, -0.1) is 0 Å². The molecule has 0 aromatic rings. The van der Waals surface area contributed by atoms with Crippen LogP contribution in [0.2, 0.25) is 0 Å². The molecule has 1 rings (SSSR count). The number of urea groups is 1. The fourth-order valence-electron chi connectivity index (χ4n) is 2.88. The van der Waals surface area contributed by atoms with Crippen molar-refractivity contribution < 1.29 is 4.79 Å². The van der Waals surface area contributed by atoms with Crippen molar-refractivity contribution in [2.45, 2.75) is 46.1 Å². The van der Waals surface area contributed by atoms with E-state index < -0.39 is 6.03 Å². The van der Waals surface area contributed by atoms with Gasteiger partial charge in [0.15, 0.2) is 0 Å². The van der Waals surface area contributed by atoms with Crippen LogP contribution in [0.3, 0.4) is 0 Å². The first kappa shape index (κ1) is 14.3. The van der Waals surface area contributed by atoms with Crippen molar-refractivity contribution >= 4 is 6.03 Å². The molecule has 1 aliphatic carbocycles. The minimum absolute atomic E-state index is 0.441. The molecule has 2 amide bonds. The zero-order valence-corrected chi connectivity index (χ0v) is 11.3. The summed E-state index contributed by atoms with van der Waals surface area (Å²) in [6, 6.07) is 0.151. The van der Waals surface area contributed by atoms with Gasteiger partial charge in [0.25, 0.3) is 0 Å². The number of carbonyl (C=O) groups is 1. The van der Waals surface area contributed by atoms with E-state index in [0.717, 1.165) is 24.3 Å². The highest BCUT2D eigenvalue weighted by atomic mass is 16.2. The topological polar surface area (TPSA) is 67.2 Å². The van der Waals surface area contributed by atoms with Crippen LogP contribution in [-0.2, 0) is 0 Å². The fraction of sp³-hybridized carbons (Fsp3) is 0.923. The van der Waals surface area contributed by atoms with Gasteiger partial charge in [0.1, 0.15) is 0 Å². The number of amides is 2. The maximum absolute atomic E-state index is 10.6. The zero-order valence-electron chi connectivity index (χ0n) is 11.3. The van der Waals surface area contributed by atoms with Gasteiger partial charge in [-0.3, -0.25) is 0 Å². The van der Waals surface area contributed by atoms with Crippen LogP contribution in [0, 0.1) is 17.8 Å². The highest BCUT2D eigenvalue weighted by Gasteiger charge is 2.29. The predicted molar refractivity (Wildman–Crippen MR) is 70.7 cm³/mol. The predicted octanol–water partition coefficient (Wildman–Crippen LogP) is 1.71. The minimum atomic E-state index is -0.441.